The van der Waals surface area contributed by atoms with Crippen molar-refractivity contribution in [3.8, 4) is 5.75 Å². The molecule has 0 unspecified atom stereocenters. The topological polar surface area (TPSA) is 66.0 Å². The highest BCUT2D eigenvalue weighted by Crippen LogP contribution is 2.21. The number of aromatic nitrogens is 3. The van der Waals surface area contributed by atoms with Crippen molar-refractivity contribution in [2.45, 2.75) is 26.3 Å². The molecule has 0 bridgehead atoms. The molecule has 0 fully saturated rings. The number of nitrogens with zero attached hydrogens (tertiary/aromatic N) is 3. The number of ether oxygens (including phenoxy) is 1. The summed E-state index contributed by atoms with van der Waals surface area (Å²) in [5.74, 6) is 1.35. The molecule has 0 amide bonds. The lowest BCUT2D eigenvalue weighted by Crippen LogP contribution is -2.06. The average molecular weight is 246 g/mol. The molecule has 0 aliphatic heterocycles. The van der Waals surface area contributed by atoms with Gasteiger partial charge in [-0.3, -0.25) is 4.68 Å². The highest BCUT2D eigenvalue weighted by atomic mass is 16.5. The monoisotopic (exact) mass is 246 g/mol. The summed E-state index contributed by atoms with van der Waals surface area (Å²) >= 11 is 0. The van der Waals surface area contributed by atoms with Crippen molar-refractivity contribution in [2.24, 2.45) is 0 Å². The second kappa shape index (κ2) is 5.53. The summed E-state index contributed by atoms with van der Waals surface area (Å²) in [7, 11) is 1.66. The summed E-state index contributed by atoms with van der Waals surface area (Å²) in [5.41, 5.74) is 7.87. The van der Waals surface area contributed by atoms with Gasteiger partial charge in [-0.05, 0) is 24.1 Å². The molecule has 2 rings (SSSR count). The number of rotatable bonds is 5. The van der Waals surface area contributed by atoms with Crippen molar-refractivity contribution in [1.29, 1.82) is 0 Å². The third kappa shape index (κ3) is 2.61. The fourth-order valence-corrected chi connectivity index (χ4v) is 1.94. The summed E-state index contributed by atoms with van der Waals surface area (Å²) in [6, 6.07) is 3.84. The Labute approximate surface area is 107 Å². The van der Waals surface area contributed by atoms with E-state index in [0.717, 1.165) is 36.4 Å². The highest BCUT2D eigenvalue weighted by molar-refractivity contribution is 5.36. The molecule has 18 heavy (non-hydrogen) atoms. The first kappa shape index (κ1) is 12.4. The van der Waals surface area contributed by atoms with E-state index in [1.165, 1.54) is 0 Å². The minimum atomic E-state index is 0.535. The molecule has 0 radical (unpaired) electrons. The van der Waals surface area contributed by atoms with Crippen molar-refractivity contribution in [1.82, 2.24) is 14.8 Å². The lowest BCUT2D eigenvalue weighted by molar-refractivity contribution is 0.408. The molecule has 5 heteroatoms. The molecule has 0 saturated carbocycles. The van der Waals surface area contributed by atoms with Crippen LogP contribution in [0.25, 0.3) is 0 Å². The van der Waals surface area contributed by atoms with Crippen LogP contribution in [0.2, 0.25) is 0 Å². The zero-order chi connectivity index (χ0) is 13.0. The summed E-state index contributed by atoms with van der Waals surface area (Å²) in [6.45, 7) is 3.02. The molecular weight excluding hydrogens is 228 g/mol. The van der Waals surface area contributed by atoms with Gasteiger partial charge in [-0.25, -0.2) is 4.98 Å². The van der Waals surface area contributed by atoms with Gasteiger partial charge in [0, 0.05) is 19.2 Å². The molecule has 2 heterocycles. The van der Waals surface area contributed by atoms with Gasteiger partial charge in [0.1, 0.15) is 5.82 Å². The van der Waals surface area contributed by atoms with Crippen LogP contribution in [0.4, 0.5) is 5.82 Å². The first-order valence-corrected chi connectivity index (χ1v) is 6.03. The van der Waals surface area contributed by atoms with Crippen LogP contribution in [-0.2, 0) is 13.0 Å². The number of aryl methyl sites for hydroxylation is 1. The Bertz CT molecular complexity index is 521. The Morgan fingerprint density at radius 2 is 2.28 bits per heavy atom. The molecule has 2 aromatic rings. The molecule has 0 aliphatic rings. The van der Waals surface area contributed by atoms with Crippen molar-refractivity contribution >= 4 is 5.82 Å². The van der Waals surface area contributed by atoms with Crippen molar-refractivity contribution < 1.29 is 4.74 Å². The van der Waals surface area contributed by atoms with E-state index >= 15 is 0 Å². The number of nitrogens with two attached hydrogens (primary N) is 1. The minimum Gasteiger partial charge on any atom is -0.493 e. The summed E-state index contributed by atoms with van der Waals surface area (Å²) in [5, 5.41) is 4.34. The van der Waals surface area contributed by atoms with Crippen LogP contribution in [0, 0.1) is 0 Å². The smallest absolute Gasteiger partial charge is 0.160 e. The first-order chi connectivity index (χ1) is 8.74. The molecule has 5 nitrogen and oxygen atoms in total. The predicted octanol–water partition coefficient (Wildman–Crippen LogP) is 1.87. The second-order valence-electron chi connectivity index (χ2n) is 4.15. The molecule has 2 N–H and O–H groups in total. The summed E-state index contributed by atoms with van der Waals surface area (Å²) < 4.78 is 7.33. The number of hydrogen-bond donors (Lipinski definition) is 1. The lowest BCUT2D eigenvalue weighted by Gasteiger charge is -2.08. The zero-order valence-corrected chi connectivity index (χ0v) is 10.8. The van der Waals surface area contributed by atoms with Gasteiger partial charge >= 0.3 is 0 Å². The van der Waals surface area contributed by atoms with Gasteiger partial charge in [-0.2, -0.15) is 5.10 Å². The lowest BCUT2D eigenvalue weighted by atomic mass is 10.1. The van der Waals surface area contributed by atoms with E-state index in [-0.39, 0.29) is 0 Å². The molecule has 0 atom stereocenters. The number of anilines is 1. The van der Waals surface area contributed by atoms with E-state index in [0.29, 0.717) is 5.82 Å². The summed E-state index contributed by atoms with van der Waals surface area (Å²) in [6.07, 6.45) is 5.26. The maximum absolute atomic E-state index is 5.69. The fourth-order valence-electron chi connectivity index (χ4n) is 1.94. The number of hydrogen-bond acceptors (Lipinski definition) is 4. The molecule has 2 aromatic heterocycles. The van der Waals surface area contributed by atoms with Crippen LogP contribution in [0.15, 0.2) is 24.5 Å². The van der Waals surface area contributed by atoms with Crippen LogP contribution >= 0.6 is 0 Å². The van der Waals surface area contributed by atoms with Gasteiger partial charge in [0.25, 0.3) is 0 Å². The molecule has 0 aliphatic carbocycles. The Morgan fingerprint density at radius 3 is 2.94 bits per heavy atom. The van der Waals surface area contributed by atoms with Gasteiger partial charge in [0.2, 0.25) is 0 Å². The van der Waals surface area contributed by atoms with Crippen LogP contribution < -0.4 is 10.5 Å². The minimum absolute atomic E-state index is 0.535. The maximum atomic E-state index is 5.69. The third-order valence-corrected chi connectivity index (χ3v) is 2.78. The van der Waals surface area contributed by atoms with E-state index in [2.05, 4.69) is 17.0 Å². The van der Waals surface area contributed by atoms with Crippen LogP contribution in [0.3, 0.4) is 0 Å². The Hall–Kier alpha value is -2.04. The fraction of sp³-hybridized carbons (Fsp3) is 0.385. The van der Waals surface area contributed by atoms with Gasteiger partial charge < -0.3 is 10.5 Å². The van der Waals surface area contributed by atoms with Crippen molar-refractivity contribution in [2.75, 3.05) is 12.8 Å². The maximum Gasteiger partial charge on any atom is 0.160 e. The van der Waals surface area contributed by atoms with E-state index in [1.807, 2.05) is 16.8 Å². The molecule has 0 aromatic carbocycles. The number of pyridine rings is 1. The van der Waals surface area contributed by atoms with Gasteiger partial charge in [-0.1, -0.05) is 6.92 Å². The van der Waals surface area contributed by atoms with Gasteiger partial charge in [-0.15, -0.1) is 0 Å². The van der Waals surface area contributed by atoms with Gasteiger partial charge in [0.15, 0.2) is 5.75 Å². The van der Waals surface area contributed by atoms with E-state index in [9.17, 15) is 0 Å². The van der Waals surface area contributed by atoms with E-state index in [4.69, 9.17) is 10.5 Å². The van der Waals surface area contributed by atoms with Crippen molar-refractivity contribution in [3.05, 3.63) is 35.8 Å². The summed E-state index contributed by atoms with van der Waals surface area (Å²) in [4.78, 5) is 3.99. The van der Waals surface area contributed by atoms with E-state index in [1.54, 1.807) is 19.5 Å². The van der Waals surface area contributed by atoms with Gasteiger partial charge in [0.05, 0.1) is 19.0 Å². The second-order valence-corrected chi connectivity index (χ2v) is 4.15. The normalized spacial score (nSPS) is 10.6. The van der Waals surface area contributed by atoms with E-state index < -0.39 is 0 Å². The van der Waals surface area contributed by atoms with Crippen LogP contribution in [-0.4, -0.2) is 21.9 Å². The van der Waals surface area contributed by atoms with Crippen molar-refractivity contribution in [3.63, 3.8) is 0 Å². The molecule has 0 spiro atoms. The average Bonchev–Trinajstić information content (AvgIpc) is 2.72. The highest BCUT2D eigenvalue weighted by Gasteiger charge is 2.11. The van der Waals surface area contributed by atoms with Crippen LogP contribution in [0.1, 0.15) is 24.6 Å². The first-order valence-electron chi connectivity index (χ1n) is 6.03. The zero-order valence-electron chi connectivity index (χ0n) is 10.8. The molecule has 0 saturated heterocycles. The Kier molecular flexibility index (Phi) is 3.82. The SMILES string of the molecule is CCCn1ncc(OC)c1Cc1ccnc(N)c1. The molecular formula is C13H18N4O. The third-order valence-electron chi connectivity index (χ3n) is 2.78. The number of nitrogen functional groups attached to an aromatic ring is 1. The Balaban J connectivity index is 2.29. The quantitative estimate of drug-likeness (QED) is 0.874. The molecule has 96 valence electrons. The number of methoxy groups -OCH3 is 1. The predicted molar refractivity (Wildman–Crippen MR) is 70.5 cm³/mol. The standard InChI is InChI=1S/C13H18N4O/c1-3-6-17-11(12(18-2)9-16-17)7-10-4-5-15-13(14)8-10/h4-5,8-9H,3,6-7H2,1-2H3,(H2,14,15). The van der Waals surface area contributed by atoms with Crippen LogP contribution in [0.5, 0.6) is 5.75 Å². The largest absolute Gasteiger partial charge is 0.493 e. The Morgan fingerprint density at radius 1 is 1.44 bits per heavy atom.